The largest absolute Gasteiger partial charge is 0.387 e. The van der Waals surface area contributed by atoms with E-state index in [1.165, 1.54) is 0 Å². The molecule has 0 bridgehead atoms. The second-order valence-electron chi connectivity index (χ2n) is 7.31. The summed E-state index contributed by atoms with van der Waals surface area (Å²) < 4.78 is 331. The van der Waals surface area contributed by atoms with Crippen LogP contribution in [-0.2, 0) is 0 Å². The van der Waals surface area contributed by atoms with E-state index in [0.29, 0.717) is 0 Å². The van der Waals surface area contributed by atoms with E-state index in [9.17, 15) is 114 Å². The van der Waals surface area contributed by atoms with Gasteiger partial charge in [0.25, 0.3) is 0 Å². The number of hydrogen-bond acceptors (Lipinski definition) is 0. The quantitative estimate of drug-likeness (QED) is 0.104. The summed E-state index contributed by atoms with van der Waals surface area (Å²) in [5, 5.41) is 0. The molecule has 0 saturated heterocycles. The first-order valence-corrected chi connectivity index (χ1v) is 10.4. The molecule has 28 heteroatoms. The van der Waals surface area contributed by atoms with Gasteiger partial charge in [-0.15, -0.1) is 0 Å². The summed E-state index contributed by atoms with van der Waals surface area (Å²) in [6, 6.07) is 0. The van der Waals surface area contributed by atoms with E-state index >= 15 is 0 Å². The van der Waals surface area contributed by atoms with Crippen molar-refractivity contribution < 1.29 is 114 Å². The van der Waals surface area contributed by atoms with Gasteiger partial charge in [-0.3, -0.25) is 0 Å². The molecule has 0 aliphatic heterocycles. The smallest absolute Gasteiger partial charge is 0.192 e. The van der Waals surface area contributed by atoms with Gasteiger partial charge in [-0.2, -0.15) is 114 Å². The molecule has 0 nitrogen and oxygen atoms in total. The van der Waals surface area contributed by atoms with Gasteiger partial charge >= 0.3 is 73.0 Å². The van der Waals surface area contributed by atoms with E-state index in [1.54, 1.807) is 0 Å². The first kappa shape index (κ1) is 40.6. The minimum absolute atomic E-state index is 1.26. The Labute approximate surface area is 232 Å². The first-order chi connectivity index (χ1) is 17.0. The van der Waals surface area contributed by atoms with Crippen molar-refractivity contribution in [2.45, 2.75) is 73.0 Å². The molecule has 0 aromatic heterocycles. The molecule has 0 aromatic rings. The molecule has 0 rings (SSSR count). The Morgan fingerprint density at radius 2 is 0.244 bits per heavy atom. The highest BCUT2D eigenvalue weighted by atomic mass is 127. The van der Waals surface area contributed by atoms with Crippen LogP contribution in [0.15, 0.2) is 0 Å². The zero-order chi connectivity index (χ0) is 34.5. The lowest BCUT2D eigenvalue weighted by atomic mass is 9.84. The van der Waals surface area contributed by atoms with Crippen LogP contribution in [-0.4, -0.2) is 73.0 Å². The third-order valence-corrected chi connectivity index (χ3v) is 6.01. The molecule has 0 N–H and O–H groups in total. The molecule has 0 saturated carbocycles. The van der Waals surface area contributed by atoms with Crippen LogP contribution in [0.25, 0.3) is 0 Å². The summed E-state index contributed by atoms with van der Waals surface area (Å²) in [7, 11) is 0. The van der Waals surface area contributed by atoms with E-state index in [0.717, 1.165) is 0 Å². The van der Waals surface area contributed by atoms with Crippen molar-refractivity contribution in [2.75, 3.05) is 0 Å². The van der Waals surface area contributed by atoms with Crippen LogP contribution in [0.1, 0.15) is 0 Å². The Hall–Kier alpha value is -0.360. The van der Waals surface area contributed by atoms with E-state index in [2.05, 4.69) is 0 Å². The maximum atomic E-state index is 13.6. The Morgan fingerprint density at radius 3 is 0.317 bits per heavy atom. The number of alkyl halides is 28. The lowest BCUT2D eigenvalue weighted by Crippen LogP contribution is -2.78. The molecular weight excluding hydrogens is 904 g/mol. The van der Waals surface area contributed by atoms with Crippen molar-refractivity contribution in [2.24, 2.45) is 0 Å². The summed E-state index contributed by atoms with van der Waals surface area (Å²) in [6.07, 6.45) is 0. The van der Waals surface area contributed by atoms with Crippen molar-refractivity contribution in [3.05, 3.63) is 0 Å². The minimum atomic E-state index is -9.64. The van der Waals surface area contributed by atoms with Crippen molar-refractivity contribution in [1.29, 1.82) is 0 Å². The molecule has 0 amide bonds. The molecule has 0 spiro atoms. The molecule has 0 radical (unpaired) electrons. The predicted octanol–water partition coefficient (Wildman–Crippen LogP) is 10.0. The van der Waals surface area contributed by atoms with Crippen molar-refractivity contribution in [3.8, 4) is 0 Å². The fourth-order valence-corrected chi connectivity index (χ4v) is 2.81. The number of rotatable bonds is 12. The Bertz CT molecular complexity index is 889. The molecule has 0 heterocycles. The fourth-order valence-electron chi connectivity index (χ4n) is 2.13. The highest BCUT2D eigenvalue weighted by molar-refractivity contribution is 14.1. The summed E-state index contributed by atoms with van der Waals surface area (Å²) >= 11 is -2.53. The van der Waals surface area contributed by atoms with Gasteiger partial charge in [0.15, 0.2) is 0 Å². The van der Waals surface area contributed by atoms with Gasteiger partial charge in [-0.25, -0.2) is 0 Å². The lowest BCUT2D eigenvalue weighted by molar-refractivity contribution is -0.478. The SMILES string of the molecule is FC(F)(I)C(F)(F)C(F)(F)C(F)(F)C(F)(F)C(F)(F)C(F)(F)C(F)(F)C(F)(F)C(F)(F)C(F)(F)C(F)(F)C(F)(F)I. The summed E-state index contributed by atoms with van der Waals surface area (Å²) in [6.45, 7) is 0. The minimum Gasteiger partial charge on any atom is -0.192 e. The van der Waals surface area contributed by atoms with E-state index in [4.69, 9.17) is 0 Å². The Kier molecular flexibility index (Phi) is 9.73. The van der Waals surface area contributed by atoms with Crippen molar-refractivity contribution in [1.82, 2.24) is 0 Å². The second-order valence-corrected chi connectivity index (χ2v) is 10.0. The van der Waals surface area contributed by atoms with Gasteiger partial charge in [0.2, 0.25) is 0 Å². The molecule has 0 aromatic carbocycles. The third-order valence-electron chi connectivity index (χ3n) is 4.66. The van der Waals surface area contributed by atoms with Crippen molar-refractivity contribution >= 4 is 45.2 Å². The van der Waals surface area contributed by atoms with Crippen LogP contribution in [0.4, 0.5) is 114 Å². The topological polar surface area (TPSA) is 0 Å². The summed E-state index contributed by atoms with van der Waals surface area (Å²) in [4.78, 5) is 0. The second kappa shape index (κ2) is 9.82. The normalized spacial score (nSPS) is 17.3. The van der Waals surface area contributed by atoms with Gasteiger partial charge in [0.1, 0.15) is 0 Å². The monoisotopic (exact) mass is 904 g/mol. The van der Waals surface area contributed by atoms with Crippen molar-refractivity contribution in [3.63, 3.8) is 0 Å². The van der Waals surface area contributed by atoms with E-state index < -0.39 is 118 Å². The van der Waals surface area contributed by atoms with Crippen LogP contribution < -0.4 is 0 Å². The lowest BCUT2D eigenvalue weighted by Gasteiger charge is -2.46. The molecular formula is C13F26I2. The predicted molar refractivity (Wildman–Crippen MR) is 92.4 cm³/mol. The van der Waals surface area contributed by atoms with Gasteiger partial charge in [-0.05, 0) is 0 Å². The van der Waals surface area contributed by atoms with Crippen LogP contribution in [0.5, 0.6) is 0 Å². The molecule has 0 aliphatic carbocycles. The molecule has 0 fully saturated rings. The highest BCUT2D eigenvalue weighted by Crippen LogP contribution is 2.68. The van der Waals surface area contributed by atoms with E-state index in [-0.39, 0.29) is 0 Å². The van der Waals surface area contributed by atoms with Gasteiger partial charge in [0, 0.05) is 45.2 Å². The zero-order valence-corrected chi connectivity index (χ0v) is 21.4. The molecule has 0 aliphatic rings. The average Bonchev–Trinajstić information content (AvgIpc) is 2.70. The standard InChI is InChI=1S/C13F26I2/c14-1(15,2(16,17)4(20,21)6(24,25)8(28,29)10(32,33)12(36,37)40)3(18,19)5(22,23)7(26,27)9(30,31)11(34,35)13(38,39)41. The Balaban J connectivity index is 7.41. The maximum absolute atomic E-state index is 13.6. The van der Waals surface area contributed by atoms with Crippen LogP contribution in [0.2, 0.25) is 0 Å². The van der Waals surface area contributed by atoms with E-state index in [1.807, 2.05) is 0 Å². The number of halogens is 28. The van der Waals surface area contributed by atoms with Gasteiger partial charge in [0.05, 0.1) is 0 Å². The van der Waals surface area contributed by atoms with Crippen LogP contribution in [0, 0.1) is 0 Å². The summed E-state index contributed by atoms with van der Waals surface area (Å²) in [5.41, 5.74) is 0. The first-order valence-electron chi connectivity index (χ1n) is 8.29. The Morgan fingerprint density at radius 1 is 0.171 bits per heavy atom. The zero-order valence-electron chi connectivity index (χ0n) is 17.1. The maximum Gasteiger partial charge on any atom is 0.387 e. The van der Waals surface area contributed by atoms with Crippen LogP contribution >= 0.6 is 45.2 Å². The average molecular weight is 904 g/mol. The number of hydrogen-bond donors (Lipinski definition) is 0. The highest BCUT2D eigenvalue weighted by Gasteiger charge is 3.00. The summed E-state index contributed by atoms with van der Waals surface area (Å²) in [5.74, 6) is -99.9. The van der Waals surface area contributed by atoms with Gasteiger partial charge < -0.3 is 0 Å². The fraction of sp³-hybridized carbons (Fsp3) is 1.00. The molecule has 0 unspecified atom stereocenters. The molecule has 41 heavy (non-hydrogen) atoms. The molecule has 248 valence electrons. The third kappa shape index (κ3) is 4.85. The molecule has 0 atom stereocenters. The van der Waals surface area contributed by atoms with Gasteiger partial charge in [-0.1, -0.05) is 0 Å². The van der Waals surface area contributed by atoms with Crippen LogP contribution in [0.3, 0.4) is 0 Å².